The van der Waals surface area contributed by atoms with Gasteiger partial charge in [0.15, 0.2) is 5.96 Å². The quantitative estimate of drug-likeness (QED) is 0.117. The molecule has 0 heterocycles. The highest BCUT2D eigenvalue weighted by molar-refractivity contribution is 7.99. The molecular weight excluding hydrogens is 366 g/mol. The van der Waals surface area contributed by atoms with Crippen molar-refractivity contribution in [2.45, 2.75) is 57.4 Å². The number of guanidine groups is 1. The smallest absolute Gasteiger partial charge is 0.236 e. The van der Waals surface area contributed by atoms with Gasteiger partial charge in [-0.3, -0.25) is 9.79 Å². The van der Waals surface area contributed by atoms with Gasteiger partial charge in [-0.15, -0.1) is 0 Å². The molecule has 8 heteroatoms. The van der Waals surface area contributed by atoms with Crippen molar-refractivity contribution in [2.75, 3.05) is 44.4 Å². The van der Waals surface area contributed by atoms with Crippen LogP contribution in [0.15, 0.2) is 4.99 Å². The number of carbonyl (C=O) groups excluding carboxylic acids is 1. The van der Waals surface area contributed by atoms with Gasteiger partial charge in [-0.1, -0.05) is 12.8 Å². The lowest BCUT2D eigenvalue weighted by atomic mass is 10.1. The average molecular weight is 406 g/mol. The second-order valence-corrected chi connectivity index (χ2v) is 7.92. The van der Waals surface area contributed by atoms with Gasteiger partial charge in [0.2, 0.25) is 5.91 Å². The van der Waals surface area contributed by atoms with Crippen LogP contribution < -0.4 is 21.7 Å². The number of thiol groups is 1. The molecule has 0 aliphatic rings. The fourth-order valence-corrected chi connectivity index (χ4v) is 3.63. The Morgan fingerprint density at radius 2 is 1.69 bits per heavy atom. The lowest BCUT2D eigenvalue weighted by Crippen LogP contribution is -2.41. The van der Waals surface area contributed by atoms with E-state index in [1.54, 1.807) is 7.05 Å². The first kappa shape index (κ1) is 25.4. The van der Waals surface area contributed by atoms with Gasteiger partial charge in [0.1, 0.15) is 0 Å². The summed E-state index contributed by atoms with van der Waals surface area (Å²) in [5.41, 5.74) is 5.94. The van der Waals surface area contributed by atoms with Gasteiger partial charge in [0, 0.05) is 27.2 Å². The maximum atomic E-state index is 11.9. The van der Waals surface area contributed by atoms with E-state index >= 15 is 0 Å². The number of hydrogen-bond donors (Lipinski definition) is 5. The number of unbranched alkanes of at least 4 members (excludes halogenated alkanes) is 4. The Morgan fingerprint density at radius 3 is 2.31 bits per heavy atom. The van der Waals surface area contributed by atoms with Crippen molar-refractivity contribution in [1.82, 2.24) is 16.0 Å². The summed E-state index contributed by atoms with van der Waals surface area (Å²) < 4.78 is 0. The molecule has 0 rings (SSSR count). The molecule has 1 amide bonds. The summed E-state index contributed by atoms with van der Waals surface area (Å²) in [6.45, 7) is 1.48. The number of carbonyl (C=O) groups is 1. The first-order valence-corrected chi connectivity index (χ1v) is 11.5. The summed E-state index contributed by atoms with van der Waals surface area (Å²) in [6, 6.07) is -0.429. The zero-order chi connectivity index (χ0) is 19.5. The number of aliphatic imine (C=N–C) groups is 1. The number of hydrogen-bond acceptors (Lipinski definition) is 5. The van der Waals surface area contributed by atoms with Gasteiger partial charge < -0.3 is 21.7 Å². The highest BCUT2D eigenvalue weighted by atomic mass is 32.2. The van der Waals surface area contributed by atoms with Crippen molar-refractivity contribution >= 4 is 36.3 Å². The van der Waals surface area contributed by atoms with Crippen LogP contribution in [0.25, 0.3) is 0 Å². The Labute approximate surface area is 169 Å². The number of nitrogens with one attached hydrogen (secondary N) is 3. The van der Waals surface area contributed by atoms with Crippen LogP contribution in [-0.4, -0.2) is 62.4 Å². The van der Waals surface area contributed by atoms with E-state index in [4.69, 9.17) is 5.73 Å². The fraction of sp³-hybridized carbons (Fsp3) is 0.889. The van der Waals surface area contributed by atoms with Crippen molar-refractivity contribution in [1.29, 1.82) is 0 Å². The van der Waals surface area contributed by atoms with E-state index < -0.39 is 6.04 Å². The number of nitrogens with zero attached hydrogens (tertiary/aromatic N) is 1. The zero-order valence-electron chi connectivity index (χ0n) is 16.6. The van der Waals surface area contributed by atoms with E-state index in [-0.39, 0.29) is 5.91 Å². The predicted octanol–water partition coefficient (Wildman–Crippen LogP) is 2.01. The fourth-order valence-electron chi connectivity index (χ4n) is 2.38. The molecule has 0 fully saturated rings. The molecule has 0 aromatic rings. The Kier molecular flexibility index (Phi) is 18.7. The predicted molar refractivity (Wildman–Crippen MR) is 120 cm³/mol. The number of nitrogens with two attached hydrogens (primary N) is 1. The second kappa shape index (κ2) is 19.2. The molecular formula is C18H39N5OS2. The van der Waals surface area contributed by atoms with Crippen molar-refractivity contribution < 1.29 is 4.79 Å². The third-order valence-electron chi connectivity index (χ3n) is 3.99. The molecule has 0 saturated heterocycles. The molecule has 0 aromatic carbocycles. The maximum Gasteiger partial charge on any atom is 0.236 e. The minimum Gasteiger partial charge on any atom is -0.359 e. The highest BCUT2D eigenvalue weighted by Crippen LogP contribution is 2.10. The van der Waals surface area contributed by atoms with Crippen LogP contribution >= 0.6 is 24.4 Å². The Bertz CT molecular complexity index is 369. The van der Waals surface area contributed by atoms with Gasteiger partial charge in [-0.2, -0.15) is 24.4 Å². The zero-order valence-corrected chi connectivity index (χ0v) is 18.3. The minimum absolute atomic E-state index is 0.0402. The first-order chi connectivity index (χ1) is 12.7. The molecule has 1 atom stereocenters. The topological polar surface area (TPSA) is 91.5 Å². The van der Waals surface area contributed by atoms with E-state index in [1.165, 1.54) is 37.2 Å². The average Bonchev–Trinajstić information content (AvgIpc) is 2.65. The first-order valence-electron chi connectivity index (χ1n) is 9.76. The normalized spacial score (nSPS) is 12.7. The van der Waals surface area contributed by atoms with Crippen LogP contribution in [0.4, 0.5) is 0 Å². The molecule has 0 saturated carbocycles. The summed E-state index contributed by atoms with van der Waals surface area (Å²) in [5.74, 6) is 4.19. The highest BCUT2D eigenvalue weighted by Gasteiger charge is 2.12. The maximum absolute atomic E-state index is 11.9. The molecule has 0 aromatic heterocycles. The molecule has 26 heavy (non-hydrogen) atoms. The Hall–Kier alpha value is -0.600. The third kappa shape index (κ3) is 15.6. The molecule has 0 aliphatic carbocycles. The minimum atomic E-state index is -0.429. The van der Waals surface area contributed by atoms with E-state index in [0.717, 1.165) is 44.1 Å². The Balaban J connectivity index is 3.44. The number of rotatable bonds is 16. The lowest BCUT2D eigenvalue weighted by molar-refractivity contribution is -0.122. The van der Waals surface area contributed by atoms with Crippen LogP contribution in [0.5, 0.6) is 0 Å². The van der Waals surface area contributed by atoms with Crippen LogP contribution in [0.3, 0.4) is 0 Å². The van der Waals surface area contributed by atoms with Crippen molar-refractivity contribution in [2.24, 2.45) is 10.7 Å². The van der Waals surface area contributed by atoms with Gasteiger partial charge in [0.05, 0.1) is 6.04 Å². The van der Waals surface area contributed by atoms with Crippen LogP contribution in [0.2, 0.25) is 0 Å². The number of thioether (sulfide) groups is 1. The third-order valence-corrected chi connectivity index (χ3v) is 5.46. The van der Waals surface area contributed by atoms with E-state index in [1.807, 2.05) is 18.8 Å². The van der Waals surface area contributed by atoms with Crippen molar-refractivity contribution in [3.63, 3.8) is 0 Å². The monoisotopic (exact) mass is 405 g/mol. The van der Waals surface area contributed by atoms with E-state index in [9.17, 15) is 4.79 Å². The van der Waals surface area contributed by atoms with E-state index in [2.05, 4.69) is 33.6 Å². The standard InChI is InChI=1S/C18H39N5OS2/c1-20-18(21-2)23-12-9-10-16(19)17(24)22-11-5-3-7-14-26-15-8-4-6-13-25/h16,25H,3-15,19H2,1-2H3,(H,22,24)(H2,20,21,23). The van der Waals surface area contributed by atoms with Crippen molar-refractivity contribution in [3.8, 4) is 0 Å². The second-order valence-electron chi connectivity index (χ2n) is 6.25. The summed E-state index contributed by atoms with van der Waals surface area (Å²) in [7, 11) is 3.54. The molecule has 5 N–H and O–H groups in total. The molecule has 0 aliphatic heterocycles. The molecule has 0 radical (unpaired) electrons. The van der Waals surface area contributed by atoms with Crippen molar-refractivity contribution in [3.05, 3.63) is 0 Å². The molecule has 0 spiro atoms. The van der Waals surface area contributed by atoms with Crippen LogP contribution in [-0.2, 0) is 4.79 Å². The van der Waals surface area contributed by atoms with E-state index in [0.29, 0.717) is 6.42 Å². The lowest BCUT2D eigenvalue weighted by Gasteiger charge is -2.13. The summed E-state index contributed by atoms with van der Waals surface area (Å²) in [4.78, 5) is 16.0. The molecule has 1 unspecified atom stereocenters. The largest absolute Gasteiger partial charge is 0.359 e. The van der Waals surface area contributed by atoms with Gasteiger partial charge in [-0.05, 0) is 55.8 Å². The molecule has 0 bridgehead atoms. The van der Waals surface area contributed by atoms with Gasteiger partial charge >= 0.3 is 0 Å². The number of amides is 1. The summed E-state index contributed by atoms with van der Waals surface area (Å²) in [5, 5.41) is 9.05. The van der Waals surface area contributed by atoms with Crippen LogP contribution in [0.1, 0.15) is 51.4 Å². The summed E-state index contributed by atoms with van der Waals surface area (Å²) >= 11 is 6.26. The Morgan fingerprint density at radius 1 is 1.04 bits per heavy atom. The SMILES string of the molecule is CN=C(NC)NCCCC(N)C(=O)NCCCCCSCCCCCS. The van der Waals surface area contributed by atoms with Gasteiger partial charge in [-0.25, -0.2) is 0 Å². The summed E-state index contributed by atoms with van der Waals surface area (Å²) in [6.07, 6.45) is 8.73. The van der Waals surface area contributed by atoms with Gasteiger partial charge in [0.25, 0.3) is 0 Å². The molecule has 154 valence electrons. The van der Waals surface area contributed by atoms with Crippen LogP contribution in [0, 0.1) is 0 Å². The molecule has 6 nitrogen and oxygen atoms in total.